The molecule has 1 aliphatic carbocycles. The molecule has 0 unspecified atom stereocenters. The van der Waals surface area contributed by atoms with Crippen LogP contribution in [0.4, 0.5) is 0 Å². The fourth-order valence-corrected chi connectivity index (χ4v) is 1.28. The number of benzene rings is 1. The predicted octanol–water partition coefficient (Wildman–Crippen LogP) is 2.40. The summed E-state index contributed by atoms with van der Waals surface area (Å²) in [5.41, 5.74) is 8.12. The molecule has 0 spiro atoms. The first-order chi connectivity index (χ1) is 5.86. The second-order valence-corrected chi connectivity index (χ2v) is 3.33. The lowest BCUT2D eigenvalue weighted by atomic mass is 10.1. The Balaban J connectivity index is 2.15. The lowest BCUT2D eigenvalue weighted by molar-refractivity contribution is 0.993. The van der Waals surface area contributed by atoms with Gasteiger partial charge >= 0.3 is 0 Å². The van der Waals surface area contributed by atoms with E-state index >= 15 is 0 Å². The average Bonchev–Trinajstić information content (AvgIpc) is 2.88. The second kappa shape index (κ2) is 3.02. The third kappa shape index (κ3) is 1.67. The summed E-state index contributed by atoms with van der Waals surface area (Å²) < 4.78 is 0. The van der Waals surface area contributed by atoms with Crippen molar-refractivity contribution in [3.05, 3.63) is 41.6 Å². The Hall–Kier alpha value is -1.24. The molecule has 0 aromatic heterocycles. The van der Waals surface area contributed by atoms with Gasteiger partial charge in [0.05, 0.1) is 0 Å². The van der Waals surface area contributed by atoms with Gasteiger partial charge in [-0.3, -0.25) is 0 Å². The van der Waals surface area contributed by atoms with E-state index in [9.17, 15) is 0 Å². The summed E-state index contributed by atoms with van der Waals surface area (Å²) in [5, 5.41) is 0. The molecule has 1 fully saturated rings. The van der Waals surface area contributed by atoms with E-state index in [1.165, 1.54) is 18.4 Å². The molecule has 0 saturated heterocycles. The number of rotatable bonds is 2. The Morgan fingerprint density at radius 2 is 1.92 bits per heavy atom. The molecule has 62 valence electrons. The minimum Gasteiger partial charge on any atom is -0.402 e. The van der Waals surface area contributed by atoms with Crippen LogP contribution in [-0.2, 0) is 0 Å². The highest BCUT2D eigenvalue weighted by molar-refractivity contribution is 5.52. The highest BCUT2D eigenvalue weighted by atomic mass is 14.6. The van der Waals surface area contributed by atoms with Crippen molar-refractivity contribution in [2.45, 2.75) is 12.8 Å². The standard InChI is InChI=1S/C11H13N/c12-11(10-6-7-10)8-9-4-2-1-3-5-9/h1-5,8,10H,6-7,12H2/b11-8-. The topological polar surface area (TPSA) is 26.0 Å². The Bertz CT molecular complexity index is 283. The zero-order chi connectivity index (χ0) is 8.39. The highest BCUT2D eigenvalue weighted by Crippen LogP contribution is 2.34. The van der Waals surface area contributed by atoms with Crippen LogP contribution in [0.15, 0.2) is 36.0 Å². The van der Waals surface area contributed by atoms with Gasteiger partial charge in [0.1, 0.15) is 0 Å². The van der Waals surface area contributed by atoms with E-state index in [0.29, 0.717) is 5.92 Å². The first-order valence-electron chi connectivity index (χ1n) is 4.38. The zero-order valence-corrected chi connectivity index (χ0v) is 7.03. The number of nitrogens with two attached hydrogens (primary N) is 1. The fraction of sp³-hybridized carbons (Fsp3) is 0.273. The molecule has 1 heteroatoms. The Morgan fingerprint density at radius 1 is 1.25 bits per heavy atom. The van der Waals surface area contributed by atoms with Crippen molar-refractivity contribution in [2.24, 2.45) is 11.7 Å². The number of allylic oxidation sites excluding steroid dienone is 1. The molecule has 0 aliphatic heterocycles. The van der Waals surface area contributed by atoms with Crippen molar-refractivity contribution in [3.8, 4) is 0 Å². The van der Waals surface area contributed by atoms with Crippen molar-refractivity contribution in [2.75, 3.05) is 0 Å². The van der Waals surface area contributed by atoms with Gasteiger partial charge in [0, 0.05) is 5.70 Å². The van der Waals surface area contributed by atoms with E-state index in [-0.39, 0.29) is 0 Å². The van der Waals surface area contributed by atoms with E-state index in [1.807, 2.05) is 18.2 Å². The molecule has 0 radical (unpaired) electrons. The zero-order valence-electron chi connectivity index (χ0n) is 7.03. The summed E-state index contributed by atoms with van der Waals surface area (Å²) in [4.78, 5) is 0. The van der Waals surface area contributed by atoms with Crippen LogP contribution in [0.2, 0.25) is 0 Å². The lowest BCUT2D eigenvalue weighted by Crippen LogP contribution is -1.97. The SMILES string of the molecule is N/C(=C\c1ccccc1)C1CC1. The summed E-state index contributed by atoms with van der Waals surface area (Å²) in [7, 11) is 0. The van der Waals surface area contributed by atoms with Gasteiger partial charge in [0.25, 0.3) is 0 Å². The van der Waals surface area contributed by atoms with E-state index in [0.717, 1.165) is 5.70 Å². The molecule has 1 aromatic rings. The largest absolute Gasteiger partial charge is 0.402 e. The maximum absolute atomic E-state index is 5.87. The van der Waals surface area contributed by atoms with E-state index in [1.54, 1.807) is 0 Å². The Kier molecular flexibility index (Phi) is 1.86. The van der Waals surface area contributed by atoms with Crippen molar-refractivity contribution < 1.29 is 0 Å². The van der Waals surface area contributed by atoms with E-state index in [4.69, 9.17) is 5.73 Å². The third-order valence-corrected chi connectivity index (χ3v) is 2.18. The van der Waals surface area contributed by atoms with Crippen molar-refractivity contribution >= 4 is 6.08 Å². The van der Waals surface area contributed by atoms with Crippen LogP contribution in [-0.4, -0.2) is 0 Å². The van der Waals surface area contributed by atoms with Gasteiger partial charge in [-0.1, -0.05) is 30.3 Å². The highest BCUT2D eigenvalue weighted by Gasteiger charge is 2.23. The van der Waals surface area contributed by atoms with Crippen LogP contribution in [0.1, 0.15) is 18.4 Å². The van der Waals surface area contributed by atoms with Gasteiger partial charge in [-0.05, 0) is 30.4 Å². The third-order valence-electron chi connectivity index (χ3n) is 2.18. The van der Waals surface area contributed by atoms with Crippen LogP contribution in [0.3, 0.4) is 0 Å². The number of hydrogen-bond acceptors (Lipinski definition) is 1. The van der Waals surface area contributed by atoms with Gasteiger partial charge in [-0.2, -0.15) is 0 Å². The van der Waals surface area contributed by atoms with Crippen molar-refractivity contribution in [1.82, 2.24) is 0 Å². The monoisotopic (exact) mass is 159 g/mol. The molecule has 0 amide bonds. The lowest BCUT2D eigenvalue weighted by Gasteiger charge is -1.97. The summed E-state index contributed by atoms with van der Waals surface area (Å²) in [6, 6.07) is 10.2. The van der Waals surface area contributed by atoms with Crippen LogP contribution >= 0.6 is 0 Å². The molecule has 12 heavy (non-hydrogen) atoms. The summed E-state index contributed by atoms with van der Waals surface area (Å²) in [6.45, 7) is 0. The average molecular weight is 159 g/mol. The molecule has 1 aromatic carbocycles. The molecular formula is C11H13N. The van der Waals surface area contributed by atoms with Gasteiger partial charge in [0.2, 0.25) is 0 Å². The van der Waals surface area contributed by atoms with Gasteiger partial charge in [-0.25, -0.2) is 0 Å². The quantitative estimate of drug-likeness (QED) is 0.704. The van der Waals surface area contributed by atoms with Crippen LogP contribution < -0.4 is 5.73 Å². The second-order valence-electron chi connectivity index (χ2n) is 3.33. The summed E-state index contributed by atoms with van der Waals surface area (Å²) in [5.74, 6) is 0.671. The van der Waals surface area contributed by atoms with E-state index < -0.39 is 0 Å². The first-order valence-corrected chi connectivity index (χ1v) is 4.38. The molecule has 2 N–H and O–H groups in total. The maximum Gasteiger partial charge on any atom is 0.0118 e. The minimum absolute atomic E-state index is 0.671. The van der Waals surface area contributed by atoms with Crippen LogP contribution in [0.5, 0.6) is 0 Å². The molecule has 0 heterocycles. The predicted molar refractivity (Wildman–Crippen MR) is 51.3 cm³/mol. The van der Waals surface area contributed by atoms with Gasteiger partial charge in [0.15, 0.2) is 0 Å². The van der Waals surface area contributed by atoms with Crippen LogP contribution in [0.25, 0.3) is 6.08 Å². The van der Waals surface area contributed by atoms with Crippen molar-refractivity contribution in [1.29, 1.82) is 0 Å². The summed E-state index contributed by atoms with van der Waals surface area (Å²) in [6.07, 6.45) is 4.63. The molecule has 1 saturated carbocycles. The number of hydrogen-bond donors (Lipinski definition) is 1. The molecule has 0 bridgehead atoms. The van der Waals surface area contributed by atoms with Gasteiger partial charge in [-0.15, -0.1) is 0 Å². The molecular weight excluding hydrogens is 146 g/mol. The molecule has 1 nitrogen and oxygen atoms in total. The molecule has 0 atom stereocenters. The maximum atomic E-state index is 5.87. The first kappa shape index (κ1) is 7.41. The smallest absolute Gasteiger partial charge is 0.0118 e. The van der Waals surface area contributed by atoms with E-state index in [2.05, 4.69) is 18.2 Å². The molecule has 2 rings (SSSR count). The molecule has 1 aliphatic rings. The van der Waals surface area contributed by atoms with Crippen LogP contribution in [0, 0.1) is 5.92 Å². The van der Waals surface area contributed by atoms with Gasteiger partial charge < -0.3 is 5.73 Å². The minimum atomic E-state index is 0.671. The Morgan fingerprint density at radius 3 is 2.50 bits per heavy atom. The summed E-state index contributed by atoms with van der Waals surface area (Å²) >= 11 is 0. The Labute approximate surface area is 72.9 Å². The van der Waals surface area contributed by atoms with Crippen molar-refractivity contribution in [3.63, 3.8) is 0 Å². The fourth-order valence-electron chi connectivity index (χ4n) is 1.28. The normalized spacial score (nSPS) is 17.8.